The van der Waals surface area contributed by atoms with Crippen molar-refractivity contribution in [1.29, 1.82) is 0 Å². The smallest absolute Gasteiger partial charge is 0.158 e. The van der Waals surface area contributed by atoms with Crippen LogP contribution in [0.5, 0.6) is 23.0 Å². The molecule has 0 saturated carbocycles. The fourth-order valence-corrected chi connectivity index (χ4v) is 1.85. The molecule has 0 radical (unpaired) electrons. The van der Waals surface area contributed by atoms with Crippen molar-refractivity contribution in [2.24, 2.45) is 0 Å². The molecule has 94 valence electrons. The Labute approximate surface area is 105 Å². The number of aromatic hydroxyl groups is 3. The van der Waals surface area contributed by atoms with Crippen LogP contribution in [0.2, 0.25) is 0 Å². The summed E-state index contributed by atoms with van der Waals surface area (Å²) in [6.07, 6.45) is 0. The zero-order valence-electron chi connectivity index (χ0n) is 10.1. The molecule has 0 fully saturated rings. The normalized spacial score (nSPS) is 10.3. The molecule has 2 rings (SSSR count). The number of methoxy groups -OCH3 is 1. The highest BCUT2D eigenvalue weighted by molar-refractivity contribution is 5.73. The molecule has 0 aliphatic rings. The topological polar surface area (TPSA) is 69.9 Å². The summed E-state index contributed by atoms with van der Waals surface area (Å²) in [5.41, 5.74) is 2.22. The van der Waals surface area contributed by atoms with Gasteiger partial charge in [-0.15, -0.1) is 0 Å². The summed E-state index contributed by atoms with van der Waals surface area (Å²) in [6.45, 7) is 1.81. The average Bonchev–Trinajstić information content (AvgIpc) is 2.33. The number of phenolic OH excluding ortho intramolecular Hbond substituents is 3. The monoisotopic (exact) mass is 246 g/mol. The van der Waals surface area contributed by atoms with Crippen LogP contribution < -0.4 is 4.74 Å². The van der Waals surface area contributed by atoms with Gasteiger partial charge in [0.2, 0.25) is 0 Å². The molecule has 0 bridgehead atoms. The third kappa shape index (κ3) is 2.18. The van der Waals surface area contributed by atoms with Crippen molar-refractivity contribution in [1.82, 2.24) is 0 Å². The third-order valence-electron chi connectivity index (χ3n) is 2.76. The van der Waals surface area contributed by atoms with Crippen LogP contribution in [0, 0.1) is 6.92 Å². The molecule has 0 unspecified atom stereocenters. The maximum absolute atomic E-state index is 9.61. The first-order chi connectivity index (χ1) is 8.51. The van der Waals surface area contributed by atoms with E-state index in [0.29, 0.717) is 11.3 Å². The van der Waals surface area contributed by atoms with Gasteiger partial charge < -0.3 is 20.1 Å². The van der Waals surface area contributed by atoms with Crippen LogP contribution in [-0.4, -0.2) is 22.4 Å². The summed E-state index contributed by atoms with van der Waals surface area (Å²) in [5.74, 6) is 0.245. The van der Waals surface area contributed by atoms with Gasteiger partial charge in [0, 0.05) is 6.07 Å². The van der Waals surface area contributed by atoms with Gasteiger partial charge in [0.25, 0.3) is 0 Å². The Bertz CT molecular complexity index is 591. The number of phenols is 3. The number of benzene rings is 2. The molecule has 4 nitrogen and oxygen atoms in total. The number of aryl methyl sites for hydroxylation is 1. The first kappa shape index (κ1) is 12.1. The van der Waals surface area contributed by atoms with Crippen molar-refractivity contribution >= 4 is 0 Å². The molecule has 0 aliphatic heterocycles. The van der Waals surface area contributed by atoms with Crippen molar-refractivity contribution < 1.29 is 20.1 Å². The van der Waals surface area contributed by atoms with E-state index in [2.05, 4.69) is 0 Å². The van der Waals surface area contributed by atoms with Crippen molar-refractivity contribution in [2.75, 3.05) is 7.11 Å². The molecule has 0 atom stereocenters. The van der Waals surface area contributed by atoms with Gasteiger partial charge in [-0.2, -0.15) is 0 Å². The second-order valence-electron chi connectivity index (χ2n) is 4.08. The highest BCUT2D eigenvalue weighted by Crippen LogP contribution is 2.36. The molecule has 2 aromatic rings. The summed E-state index contributed by atoms with van der Waals surface area (Å²) < 4.78 is 5.08. The zero-order valence-corrected chi connectivity index (χ0v) is 10.1. The molecule has 0 spiro atoms. The van der Waals surface area contributed by atoms with Crippen molar-refractivity contribution in [3.63, 3.8) is 0 Å². The number of hydrogen-bond acceptors (Lipinski definition) is 4. The van der Waals surface area contributed by atoms with Crippen LogP contribution >= 0.6 is 0 Å². The average molecular weight is 246 g/mol. The summed E-state index contributed by atoms with van der Waals surface area (Å²) in [7, 11) is 1.51. The van der Waals surface area contributed by atoms with E-state index in [1.165, 1.54) is 25.3 Å². The lowest BCUT2D eigenvalue weighted by Gasteiger charge is -2.10. The van der Waals surface area contributed by atoms with Crippen molar-refractivity contribution in [3.05, 3.63) is 35.9 Å². The number of rotatable bonds is 2. The molecule has 0 saturated heterocycles. The quantitative estimate of drug-likeness (QED) is 0.712. The molecule has 0 heterocycles. The Hall–Kier alpha value is -2.36. The minimum Gasteiger partial charge on any atom is -0.508 e. The Morgan fingerprint density at radius 1 is 0.889 bits per heavy atom. The van der Waals surface area contributed by atoms with Gasteiger partial charge in [-0.05, 0) is 47.9 Å². The van der Waals surface area contributed by atoms with Gasteiger partial charge >= 0.3 is 0 Å². The molecule has 3 N–H and O–H groups in total. The van der Waals surface area contributed by atoms with E-state index in [4.69, 9.17) is 4.74 Å². The van der Waals surface area contributed by atoms with Gasteiger partial charge in [-0.3, -0.25) is 0 Å². The van der Waals surface area contributed by atoms with E-state index in [0.717, 1.165) is 11.1 Å². The van der Waals surface area contributed by atoms with Gasteiger partial charge in [0.1, 0.15) is 11.5 Å². The van der Waals surface area contributed by atoms with E-state index >= 15 is 0 Å². The maximum atomic E-state index is 9.61. The summed E-state index contributed by atoms with van der Waals surface area (Å²) in [4.78, 5) is 0. The van der Waals surface area contributed by atoms with E-state index < -0.39 is 0 Å². The zero-order chi connectivity index (χ0) is 13.3. The highest BCUT2D eigenvalue weighted by Gasteiger charge is 2.09. The van der Waals surface area contributed by atoms with Crippen molar-refractivity contribution in [3.8, 4) is 34.1 Å². The Kier molecular flexibility index (Phi) is 3.02. The van der Waals surface area contributed by atoms with Crippen LogP contribution in [0.1, 0.15) is 5.56 Å². The van der Waals surface area contributed by atoms with Gasteiger partial charge in [0.05, 0.1) is 7.11 Å². The molecule has 0 aliphatic carbocycles. The van der Waals surface area contributed by atoms with E-state index in [9.17, 15) is 15.3 Å². The van der Waals surface area contributed by atoms with Gasteiger partial charge in [-0.1, -0.05) is 0 Å². The minimum absolute atomic E-state index is 0.0799. The largest absolute Gasteiger partial charge is 0.508 e. The molecule has 0 aromatic heterocycles. The first-order valence-corrected chi connectivity index (χ1v) is 5.42. The summed E-state index contributed by atoms with van der Waals surface area (Å²) in [5, 5.41) is 28.5. The van der Waals surface area contributed by atoms with E-state index in [1.807, 2.05) is 6.92 Å². The molecule has 18 heavy (non-hydrogen) atoms. The highest BCUT2D eigenvalue weighted by atomic mass is 16.5. The molecular weight excluding hydrogens is 232 g/mol. The second-order valence-corrected chi connectivity index (χ2v) is 4.08. The number of hydrogen-bond donors (Lipinski definition) is 3. The first-order valence-electron chi connectivity index (χ1n) is 5.42. The van der Waals surface area contributed by atoms with Crippen LogP contribution in [0.15, 0.2) is 30.3 Å². The molecule has 0 amide bonds. The lowest BCUT2D eigenvalue weighted by molar-refractivity contribution is 0.403. The SMILES string of the molecule is COc1cc(O)cc(-c2cc(O)c(O)cc2C)c1. The standard InChI is InChI=1S/C14H14O4/c1-8-3-13(16)14(17)7-12(8)9-4-10(15)6-11(5-9)18-2/h3-7,15-17H,1-2H3. The summed E-state index contributed by atoms with van der Waals surface area (Å²) >= 11 is 0. The van der Waals surface area contributed by atoms with Crippen LogP contribution in [0.25, 0.3) is 11.1 Å². The fraction of sp³-hybridized carbons (Fsp3) is 0.143. The fourth-order valence-electron chi connectivity index (χ4n) is 1.85. The van der Waals surface area contributed by atoms with Gasteiger partial charge in [-0.25, -0.2) is 0 Å². The van der Waals surface area contributed by atoms with E-state index in [-0.39, 0.29) is 17.2 Å². The second kappa shape index (κ2) is 4.49. The lowest BCUT2D eigenvalue weighted by atomic mass is 9.99. The Balaban J connectivity index is 2.61. The van der Waals surface area contributed by atoms with Crippen LogP contribution in [0.3, 0.4) is 0 Å². The van der Waals surface area contributed by atoms with Crippen LogP contribution in [0.4, 0.5) is 0 Å². The van der Waals surface area contributed by atoms with Crippen LogP contribution in [-0.2, 0) is 0 Å². The maximum Gasteiger partial charge on any atom is 0.158 e. The predicted molar refractivity (Wildman–Crippen MR) is 68.2 cm³/mol. The molecular formula is C14H14O4. The lowest BCUT2D eigenvalue weighted by Crippen LogP contribution is -1.87. The summed E-state index contributed by atoms with van der Waals surface area (Å²) in [6, 6.07) is 7.75. The van der Waals surface area contributed by atoms with Crippen molar-refractivity contribution in [2.45, 2.75) is 6.92 Å². The Morgan fingerprint density at radius 2 is 1.56 bits per heavy atom. The Morgan fingerprint density at radius 3 is 2.22 bits per heavy atom. The third-order valence-corrected chi connectivity index (χ3v) is 2.76. The molecule has 2 aromatic carbocycles. The molecule has 4 heteroatoms. The minimum atomic E-state index is -0.196. The number of ether oxygens (including phenoxy) is 1. The predicted octanol–water partition coefficient (Wildman–Crippen LogP) is 2.79. The van der Waals surface area contributed by atoms with E-state index in [1.54, 1.807) is 12.1 Å². The van der Waals surface area contributed by atoms with Gasteiger partial charge in [0.15, 0.2) is 11.5 Å².